The molecule has 0 saturated carbocycles. The molecule has 0 atom stereocenters. The highest BCUT2D eigenvalue weighted by Gasteiger charge is 2.16. The largest absolute Gasteiger partial charge is 0.476 e. The number of amides is 2. The fraction of sp³-hybridized carbons (Fsp3) is 0.294. The van der Waals surface area contributed by atoms with Gasteiger partial charge in [-0.3, -0.25) is 0 Å². The topological polar surface area (TPSA) is 72.9 Å². The fourth-order valence-corrected chi connectivity index (χ4v) is 2.33. The van der Waals surface area contributed by atoms with Gasteiger partial charge in [-0.2, -0.15) is 0 Å². The van der Waals surface area contributed by atoms with Crippen molar-refractivity contribution < 1.29 is 19.0 Å². The maximum Gasteiger partial charge on any atom is 0.322 e. The molecule has 3 rings (SSSR count). The first-order valence-electron chi connectivity index (χ1n) is 7.66. The Balaban J connectivity index is 1.65. The van der Waals surface area contributed by atoms with Gasteiger partial charge < -0.3 is 24.4 Å². The molecule has 1 aromatic heterocycles. The van der Waals surface area contributed by atoms with Gasteiger partial charge in [0.05, 0.1) is 6.61 Å². The lowest BCUT2D eigenvalue weighted by atomic mass is 10.2. The third-order valence-corrected chi connectivity index (χ3v) is 3.50. The number of benzene rings is 1. The number of carbonyl (C=O) groups excluding carboxylic acids is 1. The smallest absolute Gasteiger partial charge is 0.322 e. The van der Waals surface area contributed by atoms with Gasteiger partial charge in [-0.05, 0) is 36.8 Å². The number of hydrogen-bond acceptors (Lipinski definition) is 5. The van der Waals surface area contributed by atoms with Crippen molar-refractivity contribution in [2.24, 2.45) is 0 Å². The van der Waals surface area contributed by atoms with E-state index in [1.807, 2.05) is 25.1 Å². The second-order valence-corrected chi connectivity index (χ2v) is 5.26. The van der Waals surface area contributed by atoms with E-state index in [-0.39, 0.29) is 12.8 Å². The molecular weight excluding hydrogens is 310 g/mol. The zero-order chi connectivity index (χ0) is 16.9. The molecule has 1 aliphatic heterocycles. The molecule has 1 aromatic carbocycles. The second-order valence-electron chi connectivity index (χ2n) is 5.26. The van der Waals surface area contributed by atoms with Crippen molar-refractivity contribution in [1.82, 2.24) is 9.88 Å². The summed E-state index contributed by atoms with van der Waals surface area (Å²) in [5.74, 6) is 1.83. The predicted octanol–water partition coefficient (Wildman–Crippen LogP) is 2.87. The second kappa shape index (κ2) is 7.08. The molecule has 0 bridgehead atoms. The van der Waals surface area contributed by atoms with Crippen LogP contribution in [-0.2, 0) is 6.54 Å². The van der Waals surface area contributed by atoms with E-state index in [9.17, 15) is 4.79 Å². The Labute approximate surface area is 140 Å². The first kappa shape index (κ1) is 15.9. The highest BCUT2D eigenvalue weighted by Crippen LogP contribution is 2.32. The highest BCUT2D eigenvalue weighted by molar-refractivity contribution is 5.90. The number of rotatable bonds is 5. The highest BCUT2D eigenvalue weighted by atomic mass is 16.7. The van der Waals surface area contributed by atoms with Gasteiger partial charge in [0.2, 0.25) is 12.7 Å². The lowest BCUT2D eigenvalue weighted by Gasteiger charge is -2.19. The van der Waals surface area contributed by atoms with Crippen molar-refractivity contribution >= 4 is 11.7 Å². The first-order chi connectivity index (χ1) is 11.7. The maximum atomic E-state index is 12.4. The quantitative estimate of drug-likeness (QED) is 0.913. The number of nitrogens with zero attached hydrogens (tertiary/aromatic N) is 2. The third kappa shape index (κ3) is 3.51. The Morgan fingerprint density at radius 2 is 2.17 bits per heavy atom. The minimum atomic E-state index is -0.249. The zero-order valence-electron chi connectivity index (χ0n) is 13.6. The predicted molar refractivity (Wildman–Crippen MR) is 88.5 cm³/mol. The van der Waals surface area contributed by atoms with Gasteiger partial charge in [0.15, 0.2) is 11.5 Å². The summed E-state index contributed by atoms with van der Waals surface area (Å²) >= 11 is 0. The summed E-state index contributed by atoms with van der Waals surface area (Å²) < 4.78 is 16.0. The van der Waals surface area contributed by atoms with Crippen molar-refractivity contribution in [1.29, 1.82) is 0 Å². The summed E-state index contributed by atoms with van der Waals surface area (Å²) in [6.07, 6.45) is 1.62. The van der Waals surface area contributed by atoms with Crippen LogP contribution in [0.25, 0.3) is 0 Å². The van der Waals surface area contributed by atoms with Gasteiger partial charge in [0.25, 0.3) is 0 Å². The number of pyridine rings is 1. The number of hydrogen-bond donors (Lipinski definition) is 1. The Hall–Kier alpha value is -2.96. The minimum absolute atomic E-state index is 0.232. The van der Waals surface area contributed by atoms with Crippen LogP contribution in [0.1, 0.15) is 12.5 Å². The summed E-state index contributed by atoms with van der Waals surface area (Å²) in [7, 11) is 1.72. The molecule has 1 aliphatic rings. The first-order valence-corrected chi connectivity index (χ1v) is 7.66. The Bertz CT molecular complexity index is 736. The molecule has 0 unspecified atom stereocenters. The Kier molecular flexibility index (Phi) is 4.69. The Morgan fingerprint density at radius 3 is 3.00 bits per heavy atom. The number of aromatic nitrogens is 1. The van der Waals surface area contributed by atoms with Crippen LogP contribution in [0.2, 0.25) is 0 Å². The van der Waals surface area contributed by atoms with Crippen LogP contribution in [-0.4, -0.2) is 36.4 Å². The summed E-state index contributed by atoms with van der Waals surface area (Å²) in [6.45, 7) is 3.02. The van der Waals surface area contributed by atoms with E-state index in [1.165, 1.54) is 0 Å². The van der Waals surface area contributed by atoms with E-state index in [2.05, 4.69) is 10.3 Å². The van der Waals surface area contributed by atoms with Crippen molar-refractivity contribution in [2.75, 3.05) is 25.8 Å². The van der Waals surface area contributed by atoms with Crippen LogP contribution in [0.5, 0.6) is 17.4 Å². The van der Waals surface area contributed by atoms with E-state index in [1.54, 1.807) is 30.3 Å². The van der Waals surface area contributed by atoms with E-state index < -0.39 is 0 Å². The van der Waals surface area contributed by atoms with Gasteiger partial charge in [0, 0.05) is 19.8 Å². The lowest BCUT2D eigenvalue weighted by molar-refractivity contribution is 0.174. The van der Waals surface area contributed by atoms with Crippen LogP contribution < -0.4 is 19.5 Å². The van der Waals surface area contributed by atoms with Gasteiger partial charge in [-0.15, -0.1) is 0 Å². The van der Waals surface area contributed by atoms with Crippen LogP contribution in [0.3, 0.4) is 0 Å². The van der Waals surface area contributed by atoms with Crippen LogP contribution in [0.4, 0.5) is 10.5 Å². The molecule has 2 aromatic rings. The van der Waals surface area contributed by atoms with Gasteiger partial charge >= 0.3 is 6.03 Å². The van der Waals surface area contributed by atoms with Gasteiger partial charge in [-0.25, -0.2) is 9.78 Å². The van der Waals surface area contributed by atoms with E-state index >= 15 is 0 Å². The fourth-order valence-electron chi connectivity index (χ4n) is 2.33. The number of fused-ring (bicyclic) bond motifs is 1. The summed E-state index contributed by atoms with van der Waals surface area (Å²) in [5, 5.41) is 2.81. The van der Waals surface area contributed by atoms with E-state index in [0.29, 0.717) is 30.5 Å². The number of nitrogens with one attached hydrogen (secondary N) is 1. The van der Waals surface area contributed by atoms with Crippen LogP contribution >= 0.6 is 0 Å². The van der Waals surface area contributed by atoms with E-state index in [0.717, 1.165) is 11.3 Å². The molecule has 0 saturated heterocycles. The molecule has 7 heteroatoms. The normalized spacial score (nSPS) is 11.9. The van der Waals surface area contributed by atoms with Crippen molar-refractivity contribution in [3.05, 3.63) is 42.1 Å². The number of urea groups is 1. The molecule has 2 heterocycles. The molecule has 0 spiro atoms. The van der Waals surface area contributed by atoms with Gasteiger partial charge in [0.1, 0.15) is 5.69 Å². The average molecular weight is 329 g/mol. The van der Waals surface area contributed by atoms with Crippen LogP contribution in [0, 0.1) is 0 Å². The molecule has 2 amide bonds. The average Bonchev–Trinajstić information content (AvgIpc) is 3.04. The molecule has 1 N–H and O–H groups in total. The van der Waals surface area contributed by atoms with Crippen molar-refractivity contribution in [3.63, 3.8) is 0 Å². The lowest BCUT2D eigenvalue weighted by Crippen LogP contribution is -2.31. The maximum absolute atomic E-state index is 12.4. The molecule has 126 valence electrons. The molecule has 0 fully saturated rings. The standard InChI is InChI=1S/C17H19N3O4/c1-3-22-16-13(5-4-8-18-16)19-17(21)20(2)10-12-6-7-14-15(9-12)24-11-23-14/h4-9H,3,10-11H2,1-2H3,(H,19,21). The van der Waals surface area contributed by atoms with E-state index in [4.69, 9.17) is 14.2 Å². The zero-order valence-corrected chi connectivity index (χ0v) is 13.6. The number of carbonyl (C=O) groups is 1. The summed E-state index contributed by atoms with van der Waals surface area (Å²) in [5.41, 5.74) is 1.50. The third-order valence-electron chi connectivity index (χ3n) is 3.50. The SMILES string of the molecule is CCOc1ncccc1NC(=O)N(C)Cc1ccc2c(c1)OCO2. The Morgan fingerprint density at radius 1 is 1.33 bits per heavy atom. The molecule has 0 aliphatic carbocycles. The van der Waals surface area contributed by atoms with Crippen LogP contribution in [0.15, 0.2) is 36.5 Å². The molecular formula is C17H19N3O4. The molecule has 7 nitrogen and oxygen atoms in total. The summed E-state index contributed by atoms with van der Waals surface area (Å²) in [6, 6.07) is 8.88. The molecule has 0 radical (unpaired) electrons. The monoisotopic (exact) mass is 329 g/mol. The van der Waals surface area contributed by atoms with Crippen molar-refractivity contribution in [2.45, 2.75) is 13.5 Å². The van der Waals surface area contributed by atoms with Crippen molar-refractivity contribution in [3.8, 4) is 17.4 Å². The van der Waals surface area contributed by atoms with Gasteiger partial charge in [-0.1, -0.05) is 6.07 Å². The minimum Gasteiger partial charge on any atom is -0.476 e. The number of anilines is 1. The summed E-state index contributed by atoms with van der Waals surface area (Å²) in [4.78, 5) is 18.1. The molecule has 24 heavy (non-hydrogen) atoms. The number of ether oxygens (including phenoxy) is 3.